The third-order valence-corrected chi connectivity index (χ3v) is 5.47. The summed E-state index contributed by atoms with van der Waals surface area (Å²) in [6.45, 7) is 5.24. The Bertz CT molecular complexity index is 527. The molecular formula is C19H30Cl3N3O. The highest BCUT2D eigenvalue weighted by atomic mass is 35.5. The number of carbonyl (C=O) groups excluding carboxylic acids is 1. The van der Waals surface area contributed by atoms with Gasteiger partial charge in [0.1, 0.15) is 0 Å². The number of likely N-dealkylation sites (tertiary alicyclic amines) is 1. The maximum absolute atomic E-state index is 12.1. The van der Waals surface area contributed by atoms with Crippen LogP contribution in [0.25, 0.3) is 0 Å². The van der Waals surface area contributed by atoms with Crippen molar-refractivity contribution in [3.8, 4) is 0 Å². The van der Waals surface area contributed by atoms with Crippen molar-refractivity contribution in [2.24, 2.45) is 5.92 Å². The molecule has 0 aromatic heterocycles. The average molecular weight is 423 g/mol. The van der Waals surface area contributed by atoms with Crippen molar-refractivity contribution in [3.05, 3.63) is 34.9 Å². The molecule has 0 saturated carbocycles. The molecule has 7 heteroatoms. The van der Waals surface area contributed by atoms with Crippen LogP contribution in [0.5, 0.6) is 0 Å². The number of amides is 1. The molecule has 0 radical (unpaired) electrons. The van der Waals surface area contributed by atoms with E-state index >= 15 is 0 Å². The molecule has 2 fully saturated rings. The van der Waals surface area contributed by atoms with E-state index in [0.717, 1.165) is 57.0 Å². The average Bonchev–Trinajstić information content (AvgIpc) is 3.10. The number of halogens is 3. The van der Waals surface area contributed by atoms with Gasteiger partial charge in [0, 0.05) is 37.1 Å². The van der Waals surface area contributed by atoms with Crippen LogP contribution in [0.4, 0.5) is 0 Å². The zero-order valence-corrected chi connectivity index (χ0v) is 17.5. The van der Waals surface area contributed by atoms with Crippen molar-refractivity contribution in [2.75, 3.05) is 26.2 Å². The quantitative estimate of drug-likeness (QED) is 0.735. The minimum Gasteiger partial charge on any atom is -0.353 e. The molecule has 2 saturated heterocycles. The second kappa shape index (κ2) is 12.0. The number of nitrogens with zero attached hydrogens (tertiary/aromatic N) is 1. The van der Waals surface area contributed by atoms with Crippen LogP contribution in [0, 0.1) is 5.92 Å². The van der Waals surface area contributed by atoms with Crippen LogP contribution in [0.2, 0.25) is 5.02 Å². The van der Waals surface area contributed by atoms with E-state index in [2.05, 4.69) is 27.7 Å². The summed E-state index contributed by atoms with van der Waals surface area (Å²) < 4.78 is 0. The predicted molar refractivity (Wildman–Crippen MR) is 113 cm³/mol. The molecule has 1 amide bonds. The Morgan fingerprint density at radius 3 is 2.46 bits per heavy atom. The first-order chi connectivity index (χ1) is 11.7. The molecule has 1 aromatic carbocycles. The van der Waals surface area contributed by atoms with Crippen molar-refractivity contribution < 1.29 is 4.79 Å². The van der Waals surface area contributed by atoms with Gasteiger partial charge in [0.2, 0.25) is 5.91 Å². The van der Waals surface area contributed by atoms with Crippen LogP contribution in [-0.4, -0.2) is 43.0 Å². The third-order valence-electron chi connectivity index (χ3n) is 5.21. The summed E-state index contributed by atoms with van der Waals surface area (Å²) in [5.74, 6) is 0.926. The first-order valence-corrected chi connectivity index (χ1v) is 9.54. The van der Waals surface area contributed by atoms with Gasteiger partial charge in [-0.25, -0.2) is 0 Å². The molecule has 3 rings (SSSR count). The Morgan fingerprint density at radius 2 is 1.85 bits per heavy atom. The van der Waals surface area contributed by atoms with Crippen LogP contribution in [0.1, 0.15) is 37.7 Å². The standard InChI is InChI=1S/C19H28ClN3O.2ClH/c20-17-4-1-16(2-5-17)14-23-11-8-18(9-12-23)22-19(24)6-3-15-7-10-21-13-15;;/h1-2,4-5,15,18,21H,3,6-14H2,(H,22,24);2*1H. The van der Waals surface area contributed by atoms with Crippen LogP contribution in [-0.2, 0) is 11.3 Å². The van der Waals surface area contributed by atoms with E-state index in [0.29, 0.717) is 18.4 Å². The Hall–Kier alpha value is -0.520. The van der Waals surface area contributed by atoms with Gasteiger partial charge in [0.25, 0.3) is 0 Å². The van der Waals surface area contributed by atoms with Crippen molar-refractivity contribution in [1.29, 1.82) is 0 Å². The third kappa shape index (κ3) is 7.61. The van der Waals surface area contributed by atoms with E-state index < -0.39 is 0 Å². The van der Waals surface area contributed by atoms with E-state index in [-0.39, 0.29) is 30.7 Å². The minimum absolute atomic E-state index is 0. The zero-order chi connectivity index (χ0) is 16.8. The lowest BCUT2D eigenvalue weighted by atomic mass is 10.0. The Balaban J connectivity index is 0.00000169. The van der Waals surface area contributed by atoms with Gasteiger partial charge >= 0.3 is 0 Å². The minimum atomic E-state index is 0. The van der Waals surface area contributed by atoms with Gasteiger partial charge in [-0.2, -0.15) is 0 Å². The number of carbonyl (C=O) groups is 1. The molecule has 148 valence electrons. The summed E-state index contributed by atoms with van der Waals surface area (Å²) in [4.78, 5) is 14.6. The fourth-order valence-corrected chi connectivity index (χ4v) is 3.81. The van der Waals surface area contributed by atoms with Crippen LogP contribution < -0.4 is 10.6 Å². The van der Waals surface area contributed by atoms with E-state index in [9.17, 15) is 4.79 Å². The van der Waals surface area contributed by atoms with E-state index in [4.69, 9.17) is 11.6 Å². The molecule has 0 aliphatic carbocycles. The van der Waals surface area contributed by atoms with Gasteiger partial charge in [-0.15, -0.1) is 24.8 Å². The van der Waals surface area contributed by atoms with Crippen LogP contribution in [0.15, 0.2) is 24.3 Å². The molecule has 1 unspecified atom stereocenters. The van der Waals surface area contributed by atoms with Crippen molar-refractivity contribution in [3.63, 3.8) is 0 Å². The molecule has 0 bridgehead atoms. The summed E-state index contributed by atoms with van der Waals surface area (Å²) >= 11 is 5.93. The summed E-state index contributed by atoms with van der Waals surface area (Å²) in [5.41, 5.74) is 1.30. The maximum Gasteiger partial charge on any atom is 0.220 e. The number of hydrogen-bond acceptors (Lipinski definition) is 3. The van der Waals surface area contributed by atoms with Crippen molar-refractivity contribution >= 4 is 42.3 Å². The lowest BCUT2D eigenvalue weighted by molar-refractivity contribution is -0.122. The maximum atomic E-state index is 12.1. The Kier molecular flexibility index (Phi) is 10.9. The normalized spacial score (nSPS) is 20.9. The molecule has 2 aliphatic heterocycles. The Labute approximate surface area is 174 Å². The van der Waals surface area contributed by atoms with Crippen molar-refractivity contribution in [2.45, 2.75) is 44.7 Å². The first kappa shape index (κ1) is 23.5. The zero-order valence-electron chi connectivity index (χ0n) is 15.1. The van der Waals surface area contributed by atoms with Crippen LogP contribution >= 0.6 is 36.4 Å². The van der Waals surface area contributed by atoms with Crippen LogP contribution in [0.3, 0.4) is 0 Å². The van der Waals surface area contributed by atoms with Gasteiger partial charge in [0.05, 0.1) is 0 Å². The molecule has 1 aromatic rings. The molecule has 1 atom stereocenters. The van der Waals surface area contributed by atoms with Gasteiger partial charge < -0.3 is 10.6 Å². The number of rotatable bonds is 6. The fourth-order valence-electron chi connectivity index (χ4n) is 3.68. The summed E-state index contributed by atoms with van der Waals surface area (Å²) in [6, 6.07) is 8.43. The van der Waals surface area contributed by atoms with Crippen molar-refractivity contribution in [1.82, 2.24) is 15.5 Å². The van der Waals surface area contributed by atoms with Gasteiger partial charge in [-0.05, 0) is 62.4 Å². The van der Waals surface area contributed by atoms with Gasteiger partial charge in [-0.1, -0.05) is 23.7 Å². The van der Waals surface area contributed by atoms with E-state index in [1.807, 2.05) is 12.1 Å². The molecule has 2 heterocycles. The summed E-state index contributed by atoms with van der Waals surface area (Å²) in [7, 11) is 0. The monoisotopic (exact) mass is 421 g/mol. The molecule has 2 N–H and O–H groups in total. The number of nitrogens with one attached hydrogen (secondary N) is 2. The second-order valence-electron chi connectivity index (χ2n) is 7.14. The smallest absolute Gasteiger partial charge is 0.220 e. The predicted octanol–water partition coefficient (Wildman–Crippen LogP) is 3.65. The molecule has 26 heavy (non-hydrogen) atoms. The van der Waals surface area contributed by atoms with Gasteiger partial charge in [0.15, 0.2) is 0 Å². The molecule has 4 nitrogen and oxygen atoms in total. The highest BCUT2D eigenvalue weighted by Gasteiger charge is 2.21. The lowest BCUT2D eigenvalue weighted by Crippen LogP contribution is -2.44. The largest absolute Gasteiger partial charge is 0.353 e. The second-order valence-corrected chi connectivity index (χ2v) is 7.58. The topological polar surface area (TPSA) is 44.4 Å². The number of hydrogen-bond donors (Lipinski definition) is 2. The fraction of sp³-hybridized carbons (Fsp3) is 0.632. The van der Waals surface area contributed by atoms with E-state index in [1.54, 1.807) is 0 Å². The summed E-state index contributed by atoms with van der Waals surface area (Å²) in [6.07, 6.45) is 5.01. The van der Waals surface area contributed by atoms with Gasteiger partial charge in [-0.3, -0.25) is 9.69 Å². The molecule has 2 aliphatic rings. The summed E-state index contributed by atoms with van der Waals surface area (Å²) in [5, 5.41) is 7.38. The number of benzene rings is 1. The molecule has 0 spiro atoms. The SMILES string of the molecule is Cl.Cl.O=C(CCC1CCNC1)NC1CCN(Cc2ccc(Cl)cc2)CC1. The Morgan fingerprint density at radius 1 is 1.15 bits per heavy atom. The number of piperidine rings is 1. The molecular weight excluding hydrogens is 393 g/mol. The highest BCUT2D eigenvalue weighted by Crippen LogP contribution is 2.17. The van der Waals surface area contributed by atoms with E-state index in [1.165, 1.54) is 12.0 Å². The highest BCUT2D eigenvalue weighted by molar-refractivity contribution is 6.30. The first-order valence-electron chi connectivity index (χ1n) is 9.16. The lowest BCUT2D eigenvalue weighted by Gasteiger charge is -2.32.